The molecule has 2 saturated heterocycles. The molecule has 1 atom stereocenters. The van der Waals surface area contributed by atoms with Crippen LogP contribution in [0.4, 0.5) is 5.95 Å². The smallest absolute Gasteiger partial charge is 0.225 e. The number of aliphatic imine (C=N–C) groups is 1. The summed E-state index contributed by atoms with van der Waals surface area (Å²) in [5.41, 5.74) is 0. The second kappa shape index (κ2) is 13.3. The highest BCUT2D eigenvalue weighted by Crippen LogP contribution is 2.12. The maximum Gasteiger partial charge on any atom is 0.225 e. The molecule has 2 N–H and O–H groups in total. The third-order valence-electron chi connectivity index (χ3n) is 5.18. The van der Waals surface area contributed by atoms with Gasteiger partial charge in [0.15, 0.2) is 5.96 Å². The fraction of sp³-hybridized carbons (Fsp3) is 0.737. The highest BCUT2D eigenvalue weighted by molar-refractivity contribution is 14.0. The number of rotatable bonds is 8. The van der Waals surface area contributed by atoms with Crippen LogP contribution >= 0.6 is 24.0 Å². The minimum Gasteiger partial charge on any atom is -0.377 e. The number of anilines is 1. The van der Waals surface area contributed by atoms with Gasteiger partial charge in [0, 0.05) is 58.3 Å². The van der Waals surface area contributed by atoms with Crippen molar-refractivity contribution >= 4 is 45.9 Å². The zero-order valence-electron chi connectivity index (χ0n) is 18.1. The van der Waals surface area contributed by atoms with E-state index in [2.05, 4.69) is 34.8 Å². The first-order chi connectivity index (χ1) is 14.6. The van der Waals surface area contributed by atoms with Gasteiger partial charge in [-0.1, -0.05) is 0 Å². The quantitative estimate of drug-likeness (QED) is 0.268. The Balaban J connectivity index is 0.00000341. The molecule has 1 unspecified atom stereocenters. The first-order valence-corrected chi connectivity index (χ1v) is 12.4. The van der Waals surface area contributed by atoms with E-state index in [0.717, 1.165) is 63.9 Å². The number of aromatic nitrogens is 2. The van der Waals surface area contributed by atoms with Gasteiger partial charge in [-0.25, -0.2) is 23.1 Å². The molecule has 31 heavy (non-hydrogen) atoms. The number of piperazine rings is 1. The van der Waals surface area contributed by atoms with Crippen LogP contribution in [0.1, 0.15) is 26.2 Å². The molecule has 176 valence electrons. The monoisotopic (exact) mass is 567 g/mol. The number of nitrogens with one attached hydrogen (secondary N) is 2. The number of hydrogen-bond donors (Lipinski definition) is 2. The molecule has 2 fully saturated rings. The molecule has 3 heterocycles. The number of nitrogens with zero attached hydrogens (tertiary/aromatic N) is 5. The van der Waals surface area contributed by atoms with Crippen molar-refractivity contribution in [3.8, 4) is 0 Å². The highest BCUT2D eigenvalue weighted by atomic mass is 127. The average molecular weight is 567 g/mol. The van der Waals surface area contributed by atoms with Crippen molar-refractivity contribution in [2.75, 3.05) is 63.1 Å². The SMILES string of the molecule is CCNC(=NCCS(=O)(=O)NCC1CCCCO1)N1CCN(c2ncccn2)CC1.I. The third kappa shape index (κ3) is 8.66. The van der Waals surface area contributed by atoms with Crippen molar-refractivity contribution in [3.05, 3.63) is 18.5 Å². The van der Waals surface area contributed by atoms with Crippen LogP contribution in [-0.2, 0) is 14.8 Å². The minimum atomic E-state index is -3.38. The number of sulfonamides is 1. The van der Waals surface area contributed by atoms with Crippen LogP contribution in [0.15, 0.2) is 23.5 Å². The summed E-state index contributed by atoms with van der Waals surface area (Å²) in [6.45, 7) is 7.12. The second-order valence-corrected chi connectivity index (χ2v) is 9.34. The van der Waals surface area contributed by atoms with Gasteiger partial charge in [0.1, 0.15) is 0 Å². The Hall–Kier alpha value is -1.25. The lowest BCUT2D eigenvalue weighted by atomic mass is 10.1. The predicted octanol–water partition coefficient (Wildman–Crippen LogP) is 0.671. The largest absolute Gasteiger partial charge is 0.377 e. The molecule has 0 radical (unpaired) electrons. The Morgan fingerprint density at radius 2 is 1.97 bits per heavy atom. The van der Waals surface area contributed by atoms with Gasteiger partial charge < -0.3 is 19.9 Å². The van der Waals surface area contributed by atoms with Crippen molar-refractivity contribution in [3.63, 3.8) is 0 Å². The number of halogens is 1. The predicted molar refractivity (Wildman–Crippen MR) is 133 cm³/mol. The normalized spacial score (nSPS) is 20.3. The summed E-state index contributed by atoms with van der Waals surface area (Å²) in [6, 6.07) is 1.81. The van der Waals surface area contributed by atoms with E-state index >= 15 is 0 Å². The van der Waals surface area contributed by atoms with E-state index in [1.54, 1.807) is 18.5 Å². The molecule has 3 rings (SSSR count). The van der Waals surface area contributed by atoms with E-state index in [-0.39, 0.29) is 42.4 Å². The van der Waals surface area contributed by atoms with Gasteiger partial charge >= 0.3 is 0 Å². The Bertz CT molecular complexity index is 768. The maximum atomic E-state index is 12.3. The summed E-state index contributed by atoms with van der Waals surface area (Å²) >= 11 is 0. The molecule has 0 spiro atoms. The van der Waals surface area contributed by atoms with Gasteiger partial charge in [0.25, 0.3) is 0 Å². The molecule has 0 amide bonds. The van der Waals surface area contributed by atoms with Crippen LogP contribution < -0.4 is 14.9 Å². The lowest BCUT2D eigenvalue weighted by Crippen LogP contribution is -2.53. The Labute approximate surface area is 202 Å². The van der Waals surface area contributed by atoms with Crippen LogP contribution in [0, 0.1) is 0 Å². The molecule has 2 aliphatic heterocycles. The van der Waals surface area contributed by atoms with Crippen LogP contribution in [-0.4, -0.2) is 93.5 Å². The van der Waals surface area contributed by atoms with Gasteiger partial charge in [0.05, 0.1) is 18.4 Å². The van der Waals surface area contributed by atoms with E-state index < -0.39 is 10.0 Å². The van der Waals surface area contributed by atoms with Crippen molar-refractivity contribution in [1.29, 1.82) is 0 Å². The average Bonchev–Trinajstić information content (AvgIpc) is 2.79. The molecule has 0 aromatic carbocycles. The lowest BCUT2D eigenvalue weighted by Gasteiger charge is -2.36. The van der Waals surface area contributed by atoms with E-state index in [0.29, 0.717) is 13.2 Å². The number of ether oxygens (including phenoxy) is 1. The molecule has 0 aliphatic carbocycles. The maximum absolute atomic E-state index is 12.3. The molecular formula is C19H34IN7O3S. The summed E-state index contributed by atoms with van der Waals surface area (Å²) in [5, 5.41) is 3.27. The zero-order valence-corrected chi connectivity index (χ0v) is 21.2. The lowest BCUT2D eigenvalue weighted by molar-refractivity contribution is 0.0200. The fourth-order valence-electron chi connectivity index (χ4n) is 3.53. The molecule has 0 bridgehead atoms. The molecule has 2 aliphatic rings. The second-order valence-electron chi connectivity index (χ2n) is 7.41. The van der Waals surface area contributed by atoms with E-state index in [1.807, 2.05) is 6.92 Å². The summed E-state index contributed by atoms with van der Waals surface area (Å²) < 4.78 is 32.8. The summed E-state index contributed by atoms with van der Waals surface area (Å²) in [5.74, 6) is 1.45. The first-order valence-electron chi connectivity index (χ1n) is 10.7. The van der Waals surface area contributed by atoms with E-state index in [1.165, 1.54) is 0 Å². The third-order valence-corrected chi connectivity index (χ3v) is 6.50. The molecular weight excluding hydrogens is 533 g/mol. The summed E-state index contributed by atoms with van der Waals surface area (Å²) in [6.07, 6.45) is 6.53. The Morgan fingerprint density at radius 1 is 1.23 bits per heavy atom. The van der Waals surface area contributed by atoms with E-state index in [4.69, 9.17) is 4.74 Å². The van der Waals surface area contributed by atoms with Crippen molar-refractivity contribution in [2.24, 2.45) is 4.99 Å². The molecule has 10 nitrogen and oxygen atoms in total. The number of hydrogen-bond acceptors (Lipinski definition) is 7. The highest BCUT2D eigenvalue weighted by Gasteiger charge is 2.22. The van der Waals surface area contributed by atoms with Crippen molar-refractivity contribution in [1.82, 2.24) is 24.9 Å². The summed E-state index contributed by atoms with van der Waals surface area (Å²) in [4.78, 5) is 17.4. The minimum absolute atomic E-state index is 0. The summed E-state index contributed by atoms with van der Waals surface area (Å²) in [7, 11) is -3.38. The zero-order chi connectivity index (χ0) is 21.2. The fourth-order valence-corrected chi connectivity index (χ4v) is 4.45. The van der Waals surface area contributed by atoms with Gasteiger partial charge in [-0.3, -0.25) is 4.99 Å². The Morgan fingerprint density at radius 3 is 2.61 bits per heavy atom. The first kappa shape index (κ1) is 26.0. The van der Waals surface area contributed by atoms with E-state index in [9.17, 15) is 8.42 Å². The number of guanidine groups is 1. The van der Waals surface area contributed by atoms with Crippen LogP contribution in [0.25, 0.3) is 0 Å². The van der Waals surface area contributed by atoms with Crippen LogP contribution in [0.5, 0.6) is 0 Å². The standard InChI is InChI=1S/C19H33N7O3S.HI/c1-2-20-18(25-10-12-26(13-11-25)19-21-7-5-8-22-19)23-9-15-30(27,28)24-16-17-6-3-4-14-29-17;/h5,7-8,17,24H,2-4,6,9-16H2,1H3,(H,20,23);1H. The van der Waals surface area contributed by atoms with Crippen molar-refractivity contribution in [2.45, 2.75) is 32.3 Å². The molecule has 0 saturated carbocycles. The van der Waals surface area contributed by atoms with Gasteiger partial charge in [-0.05, 0) is 32.3 Å². The van der Waals surface area contributed by atoms with Crippen molar-refractivity contribution < 1.29 is 13.2 Å². The molecule has 1 aromatic rings. The van der Waals surface area contributed by atoms with Crippen LogP contribution in [0.2, 0.25) is 0 Å². The molecule has 12 heteroatoms. The van der Waals surface area contributed by atoms with Crippen LogP contribution in [0.3, 0.4) is 0 Å². The van der Waals surface area contributed by atoms with Gasteiger partial charge in [-0.2, -0.15) is 0 Å². The topological polar surface area (TPSA) is 112 Å². The van der Waals surface area contributed by atoms with Gasteiger partial charge in [0.2, 0.25) is 16.0 Å². The Kier molecular flexibility index (Phi) is 11.2. The van der Waals surface area contributed by atoms with Gasteiger partial charge in [-0.15, -0.1) is 24.0 Å². The molecule has 1 aromatic heterocycles.